The van der Waals surface area contributed by atoms with Crippen molar-refractivity contribution in [2.24, 2.45) is 56.2 Å². The quantitative estimate of drug-likeness (QED) is 0.146. The molecule has 0 aromatic carbocycles. The number of hydrogen-bond acceptors (Lipinski definition) is 12. The number of rotatable bonds is 7. The van der Waals surface area contributed by atoms with Gasteiger partial charge in [-0.25, -0.2) is 0 Å². The van der Waals surface area contributed by atoms with Crippen LogP contribution in [0, 0.1) is 56.2 Å². The number of carboxylic acid groups (broad SMARTS) is 1. The monoisotopic (exact) mass is 778 g/mol. The Hall–Kier alpha value is -1.68. The minimum atomic E-state index is -1.73. The average Bonchev–Trinajstić information content (AvgIpc) is 3.10. The number of allylic oxidation sites excluding steroid dienone is 2. The first-order valence-electron chi connectivity index (χ1n) is 20.6. The van der Waals surface area contributed by atoms with Gasteiger partial charge in [-0.05, 0) is 115 Å². The maximum absolute atomic E-state index is 13.1. The molecule has 18 atom stereocenters. The molecule has 0 amide bonds. The molecule has 0 bridgehead atoms. The Morgan fingerprint density at radius 1 is 0.855 bits per heavy atom. The number of carbonyl (C=O) groups is 2. The SMILES string of the molecule is CC1(C)CC[C@]2(C(=O)O)CC[C@]3(C)C(=CCC4[C@@]5(C)CC[C@H]([C@H](O)[C@@H]6OC(OC=O)[C@@H](O)C(O[C@@H]7OC[C@@H](O)C(O)[C@@H]7O)[C@@H]6O)C(C)(C)C5CC[C@]43C)C2C1. The second-order valence-corrected chi connectivity index (χ2v) is 20.7. The molecule has 13 nitrogen and oxygen atoms in total. The number of carbonyl (C=O) groups excluding carboxylic acids is 1. The van der Waals surface area contributed by atoms with Gasteiger partial charge in [-0.1, -0.05) is 60.1 Å². The summed E-state index contributed by atoms with van der Waals surface area (Å²) in [5.41, 5.74) is 0.0465. The van der Waals surface area contributed by atoms with Crippen molar-refractivity contribution in [1.82, 2.24) is 0 Å². The van der Waals surface area contributed by atoms with Crippen LogP contribution in [0.5, 0.6) is 0 Å². The van der Waals surface area contributed by atoms with Gasteiger partial charge in [-0.2, -0.15) is 0 Å². The molecule has 7 N–H and O–H groups in total. The van der Waals surface area contributed by atoms with E-state index < -0.39 is 78.2 Å². The van der Waals surface area contributed by atoms with Gasteiger partial charge in [0.15, 0.2) is 6.29 Å². The van der Waals surface area contributed by atoms with E-state index in [1.165, 1.54) is 5.57 Å². The molecule has 2 heterocycles. The van der Waals surface area contributed by atoms with E-state index in [9.17, 15) is 45.3 Å². The second kappa shape index (κ2) is 14.0. The third kappa shape index (κ3) is 6.10. The predicted octanol–water partition coefficient (Wildman–Crippen LogP) is 3.29. The van der Waals surface area contributed by atoms with Gasteiger partial charge in [0.1, 0.15) is 42.7 Å². The summed E-state index contributed by atoms with van der Waals surface area (Å²) in [5, 5.41) is 76.3. The summed E-state index contributed by atoms with van der Waals surface area (Å²) >= 11 is 0. The Kier molecular flexibility index (Phi) is 10.5. The Labute approximate surface area is 324 Å². The Morgan fingerprint density at radius 2 is 1.55 bits per heavy atom. The van der Waals surface area contributed by atoms with Crippen molar-refractivity contribution in [3.8, 4) is 0 Å². The molecule has 6 fully saturated rings. The molecule has 0 spiro atoms. The van der Waals surface area contributed by atoms with Crippen molar-refractivity contribution >= 4 is 12.4 Å². The lowest BCUT2D eigenvalue weighted by atomic mass is 9.33. The molecule has 2 aliphatic heterocycles. The molecule has 0 aromatic heterocycles. The fourth-order valence-electron chi connectivity index (χ4n) is 14.0. The number of aliphatic carboxylic acids is 1. The van der Waals surface area contributed by atoms with E-state index in [-0.39, 0.29) is 52.5 Å². The van der Waals surface area contributed by atoms with E-state index in [1.54, 1.807) is 0 Å². The van der Waals surface area contributed by atoms with Gasteiger partial charge in [-0.3, -0.25) is 9.59 Å². The average molecular weight is 779 g/mol. The number of aliphatic hydroxyl groups excluding tert-OH is 6. The normalized spacial score (nSPS) is 52.2. The standard InChI is InChI=1S/C42H66O13/c1-37(2)14-16-42(36(50)51)17-15-40(6)21(23(42)18-37)8-9-26-39(5)12-10-22(38(3,4)25(39)11-13-41(26,40)7)27(45)32-30(48)33(31(49)35(54-32)53-20-43)55-34-29(47)28(46)24(44)19-52-34/h8,20,22-35,44-49H,9-19H2,1-7H3,(H,50,51)/t22-,23?,24-,25?,26?,27+,28?,29+,30-,31+,32+,33?,34+,35?,39+,40-,41-,42+/m1/s1. The van der Waals surface area contributed by atoms with Crippen molar-refractivity contribution in [3.63, 3.8) is 0 Å². The third-order valence-electron chi connectivity index (χ3n) is 17.4. The smallest absolute Gasteiger partial charge is 0.310 e. The van der Waals surface area contributed by atoms with Crippen LogP contribution in [0.15, 0.2) is 11.6 Å². The molecular weight excluding hydrogens is 712 g/mol. The molecule has 7 aliphatic rings. The van der Waals surface area contributed by atoms with Gasteiger partial charge in [0.2, 0.25) is 6.29 Å². The lowest BCUT2D eigenvalue weighted by Gasteiger charge is -2.71. The lowest BCUT2D eigenvalue weighted by Crippen LogP contribution is -2.67. The Morgan fingerprint density at radius 3 is 2.22 bits per heavy atom. The summed E-state index contributed by atoms with van der Waals surface area (Å²) < 4.78 is 22.2. The van der Waals surface area contributed by atoms with Gasteiger partial charge >= 0.3 is 5.97 Å². The van der Waals surface area contributed by atoms with Gasteiger partial charge in [0.25, 0.3) is 6.47 Å². The molecule has 13 heteroatoms. The summed E-state index contributed by atoms with van der Waals surface area (Å²) in [5.74, 6) is -0.442. The van der Waals surface area contributed by atoms with Crippen LogP contribution in [-0.4, -0.2) is 116 Å². The minimum absolute atomic E-state index is 0.0306. The van der Waals surface area contributed by atoms with Crippen LogP contribution in [-0.2, 0) is 28.5 Å². The number of aliphatic hydroxyl groups is 6. The highest BCUT2D eigenvalue weighted by Gasteiger charge is 2.70. The van der Waals surface area contributed by atoms with Crippen LogP contribution >= 0.6 is 0 Å². The maximum atomic E-state index is 13.1. The van der Waals surface area contributed by atoms with E-state index in [0.29, 0.717) is 18.8 Å². The maximum Gasteiger partial charge on any atom is 0.310 e. The Bertz CT molecular complexity index is 1520. The first-order valence-corrected chi connectivity index (χ1v) is 20.6. The van der Waals surface area contributed by atoms with E-state index in [0.717, 1.165) is 51.4 Å². The Balaban J connectivity index is 1.15. The van der Waals surface area contributed by atoms with Crippen LogP contribution in [0.1, 0.15) is 113 Å². The first-order chi connectivity index (χ1) is 25.6. The van der Waals surface area contributed by atoms with E-state index >= 15 is 0 Å². The zero-order valence-electron chi connectivity index (χ0n) is 33.6. The molecular formula is C42H66O13. The summed E-state index contributed by atoms with van der Waals surface area (Å²) in [4.78, 5) is 24.5. The number of carboxylic acids is 1. The largest absolute Gasteiger partial charge is 0.481 e. The van der Waals surface area contributed by atoms with Crippen molar-refractivity contribution in [3.05, 3.63) is 11.6 Å². The summed E-state index contributed by atoms with van der Waals surface area (Å²) in [7, 11) is 0. The summed E-state index contributed by atoms with van der Waals surface area (Å²) in [6.45, 7) is 16.0. The highest BCUT2D eigenvalue weighted by molar-refractivity contribution is 5.76. The fourth-order valence-corrected chi connectivity index (χ4v) is 14.0. The van der Waals surface area contributed by atoms with Crippen molar-refractivity contribution in [2.75, 3.05) is 6.61 Å². The zero-order chi connectivity index (χ0) is 40.3. The van der Waals surface area contributed by atoms with Crippen LogP contribution in [0.2, 0.25) is 0 Å². The number of hydrogen-bond donors (Lipinski definition) is 7. The molecule has 2 saturated heterocycles. The highest BCUT2D eigenvalue weighted by Crippen LogP contribution is 2.76. The van der Waals surface area contributed by atoms with Gasteiger partial charge in [-0.15, -0.1) is 0 Å². The van der Waals surface area contributed by atoms with Crippen molar-refractivity contribution in [1.29, 1.82) is 0 Å². The molecule has 7 rings (SSSR count). The highest BCUT2D eigenvalue weighted by atomic mass is 16.7. The molecule has 0 radical (unpaired) electrons. The molecule has 4 saturated carbocycles. The number of fused-ring (bicyclic) bond motifs is 7. The number of ether oxygens (including phenoxy) is 4. The molecule has 0 aromatic rings. The summed E-state index contributed by atoms with van der Waals surface area (Å²) in [6.07, 6.45) is -4.60. The molecule has 5 aliphatic carbocycles. The second-order valence-electron chi connectivity index (χ2n) is 20.7. The molecule has 312 valence electrons. The fraction of sp³-hybridized carbons (Fsp3) is 0.905. The van der Waals surface area contributed by atoms with E-state index in [1.807, 2.05) is 0 Å². The van der Waals surface area contributed by atoms with Crippen molar-refractivity contribution < 1.29 is 64.3 Å². The topological polar surface area (TPSA) is 213 Å². The van der Waals surface area contributed by atoms with Gasteiger partial charge < -0.3 is 54.7 Å². The van der Waals surface area contributed by atoms with E-state index in [2.05, 4.69) is 54.5 Å². The van der Waals surface area contributed by atoms with Crippen molar-refractivity contribution in [2.45, 2.75) is 174 Å². The molecule has 6 unspecified atom stereocenters. The summed E-state index contributed by atoms with van der Waals surface area (Å²) in [6, 6.07) is 0. The predicted molar refractivity (Wildman–Crippen MR) is 197 cm³/mol. The minimum Gasteiger partial charge on any atom is -0.481 e. The first kappa shape index (κ1) is 41.5. The third-order valence-corrected chi connectivity index (χ3v) is 17.4. The zero-order valence-corrected chi connectivity index (χ0v) is 33.6. The van der Waals surface area contributed by atoms with Crippen LogP contribution < -0.4 is 0 Å². The van der Waals surface area contributed by atoms with Gasteiger partial charge in [0, 0.05) is 0 Å². The molecule has 55 heavy (non-hydrogen) atoms. The van der Waals surface area contributed by atoms with Gasteiger partial charge in [0.05, 0.1) is 18.1 Å². The lowest BCUT2D eigenvalue weighted by molar-refractivity contribution is -0.351. The van der Waals surface area contributed by atoms with Crippen LogP contribution in [0.4, 0.5) is 0 Å². The van der Waals surface area contributed by atoms with Crippen LogP contribution in [0.25, 0.3) is 0 Å². The van der Waals surface area contributed by atoms with E-state index in [4.69, 9.17) is 18.9 Å². The van der Waals surface area contributed by atoms with Crippen LogP contribution in [0.3, 0.4) is 0 Å².